The fourth-order valence-corrected chi connectivity index (χ4v) is 2.92. The van der Waals surface area contributed by atoms with Crippen LogP contribution in [0.15, 0.2) is 30.3 Å². The van der Waals surface area contributed by atoms with Crippen molar-refractivity contribution in [1.29, 1.82) is 0 Å². The van der Waals surface area contributed by atoms with E-state index in [0.717, 1.165) is 37.6 Å². The predicted molar refractivity (Wildman–Crippen MR) is 92.6 cm³/mol. The van der Waals surface area contributed by atoms with Crippen LogP contribution >= 0.6 is 0 Å². The Morgan fingerprint density at radius 3 is 2.75 bits per heavy atom. The number of benzene rings is 1. The van der Waals surface area contributed by atoms with Crippen LogP contribution in [-0.2, 0) is 31.0 Å². The van der Waals surface area contributed by atoms with Crippen LogP contribution in [0.4, 0.5) is 0 Å². The van der Waals surface area contributed by atoms with Crippen molar-refractivity contribution in [2.45, 2.75) is 39.2 Å². The van der Waals surface area contributed by atoms with Gasteiger partial charge in [0.2, 0.25) is 0 Å². The van der Waals surface area contributed by atoms with E-state index in [9.17, 15) is 0 Å². The van der Waals surface area contributed by atoms with Gasteiger partial charge in [0.25, 0.3) is 0 Å². The number of ether oxygens (including phenoxy) is 2. The molecule has 1 unspecified atom stereocenters. The van der Waals surface area contributed by atoms with E-state index in [4.69, 9.17) is 15.2 Å². The van der Waals surface area contributed by atoms with E-state index < -0.39 is 0 Å². The molecule has 1 atom stereocenters. The van der Waals surface area contributed by atoms with Gasteiger partial charge in [0, 0.05) is 25.7 Å². The first-order chi connectivity index (χ1) is 11.6. The molecule has 0 saturated carbocycles. The molecule has 0 saturated heterocycles. The van der Waals surface area contributed by atoms with Crippen LogP contribution in [0, 0.1) is 0 Å². The highest BCUT2D eigenvalue weighted by Crippen LogP contribution is 2.18. The quantitative estimate of drug-likeness (QED) is 0.838. The van der Waals surface area contributed by atoms with Gasteiger partial charge in [-0.25, -0.2) is 0 Å². The van der Waals surface area contributed by atoms with Gasteiger partial charge >= 0.3 is 0 Å². The first kappa shape index (κ1) is 17.0. The molecule has 0 bridgehead atoms. The summed E-state index contributed by atoms with van der Waals surface area (Å²) in [7, 11) is 1.69. The van der Waals surface area contributed by atoms with E-state index >= 15 is 0 Å². The molecular weight excluding hydrogens is 304 g/mol. The molecule has 130 valence electrons. The molecule has 1 aliphatic rings. The van der Waals surface area contributed by atoms with Crippen LogP contribution < -0.4 is 10.5 Å². The third-order valence-corrected chi connectivity index (χ3v) is 4.12. The topological polar surface area (TPSA) is 65.5 Å². The number of fused-ring (bicyclic) bond motifs is 1. The summed E-state index contributed by atoms with van der Waals surface area (Å²) in [5.41, 5.74) is 9.22. The highest BCUT2D eigenvalue weighted by molar-refractivity contribution is 5.27. The molecule has 6 heteroatoms. The molecule has 0 aliphatic carbocycles. The number of nitrogens with zero attached hydrogens (tertiary/aromatic N) is 3. The molecular formula is C18H26N4O2. The molecule has 2 aromatic rings. The fraction of sp³-hybridized carbons (Fsp3) is 0.500. The second-order valence-corrected chi connectivity index (χ2v) is 6.40. The maximum Gasteiger partial charge on any atom is 0.118 e. The van der Waals surface area contributed by atoms with E-state index in [2.05, 4.69) is 32.9 Å². The van der Waals surface area contributed by atoms with Crippen LogP contribution in [0.3, 0.4) is 0 Å². The van der Waals surface area contributed by atoms with Gasteiger partial charge in [0.1, 0.15) is 5.75 Å². The summed E-state index contributed by atoms with van der Waals surface area (Å²) < 4.78 is 12.9. The van der Waals surface area contributed by atoms with Crippen molar-refractivity contribution in [3.05, 3.63) is 47.3 Å². The van der Waals surface area contributed by atoms with E-state index in [1.807, 2.05) is 19.1 Å². The molecule has 1 aromatic heterocycles. The lowest BCUT2D eigenvalue weighted by Crippen LogP contribution is -2.33. The number of rotatable bonds is 7. The number of nitrogens with two attached hydrogens (primary N) is 1. The summed E-state index contributed by atoms with van der Waals surface area (Å²) >= 11 is 0. The highest BCUT2D eigenvalue weighted by Gasteiger charge is 2.18. The zero-order valence-electron chi connectivity index (χ0n) is 14.4. The van der Waals surface area contributed by atoms with Gasteiger partial charge in [0.15, 0.2) is 0 Å². The summed E-state index contributed by atoms with van der Waals surface area (Å²) in [6, 6.07) is 10.5. The Bertz CT molecular complexity index is 652. The van der Waals surface area contributed by atoms with Crippen LogP contribution in [0.5, 0.6) is 5.75 Å². The Morgan fingerprint density at radius 1 is 1.25 bits per heavy atom. The van der Waals surface area contributed by atoms with Crippen molar-refractivity contribution in [1.82, 2.24) is 14.7 Å². The van der Waals surface area contributed by atoms with Gasteiger partial charge < -0.3 is 15.2 Å². The lowest BCUT2D eigenvalue weighted by molar-refractivity contribution is 0.108. The SMILES string of the molecule is COc1ccc(CN2CCn3nc(COCC(C)N)cc3C2)cc1. The first-order valence-corrected chi connectivity index (χ1v) is 8.38. The second-order valence-electron chi connectivity index (χ2n) is 6.40. The molecule has 0 spiro atoms. The summed E-state index contributed by atoms with van der Waals surface area (Å²) in [5, 5.41) is 4.62. The van der Waals surface area contributed by atoms with E-state index in [1.54, 1.807) is 7.11 Å². The van der Waals surface area contributed by atoms with Gasteiger partial charge in [-0.15, -0.1) is 0 Å². The summed E-state index contributed by atoms with van der Waals surface area (Å²) in [4.78, 5) is 2.44. The standard InChI is InChI=1S/C18H26N4O2/c1-14(19)12-24-13-16-9-17-11-21(7-8-22(17)20-16)10-15-3-5-18(23-2)6-4-15/h3-6,9,14H,7-8,10-13,19H2,1-2H3. The van der Waals surface area contributed by atoms with Crippen LogP contribution in [0.25, 0.3) is 0 Å². The average molecular weight is 330 g/mol. The average Bonchev–Trinajstić information content (AvgIpc) is 2.97. The minimum atomic E-state index is 0.0576. The zero-order valence-corrected chi connectivity index (χ0v) is 14.4. The van der Waals surface area contributed by atoms with E-state index in [-0.39, 0.29) is 6.04 Å². The largest absolute Gasteiger partial charge is 0.497 e. The maximum absolute atomic E-state index is 5.70. The fourth-order valence-electron chi connectivity index (χ4n) is 2.92. The lowest BCUT2D eigenvalue weighted by Gasteiger charge is -2.27. The molecule has 0 radical (unpaired) electrons. The van der Waals surface area contributed by atoms with Crippen molar-refractivity contribution >= 4 is 0 Å². The Labute approximate surface area is 143 Å². The molecule has 2 N–H and O–H groups in total. The number of hydrogen-bond donors (Lipinski definition) is 1. The van der Waals surface area contributed by atoms with E-state index in [0.29, 0.717) is 13.2 Å². The predicted octanol–water partition coefficient (Wildman–Crippen LogP) is 1.77. The number of aromatic nitrogens is 2. The Balaban J connectivity index is 1.56. The Kier molecular flexibility index (Phi) is 5.50. The molecule has 0 amide bonds. The van der Waals surface area contributed by atoms with E-state index in [1.165, 1.54) is 11.3 Å². The van der Waals surface area contributed by atoms with Crippen LogP contribution in [0.2, 0.25) is 0 Å². The summed E-state index contributed by atoms with van der Waals surface area (Å²) in [6.07, 6.45) is 0. The van der Waals surface area contributed by atoms with Crippen LogP contribution in [0.1, 0.15) is 23.9 Å². The van der Waals surface area contributed by atoms with Crippen molar-refractivity contribution in [2.24, 2.45) is 5.73 Å². The van der Waals surface area contributed by atoms with Gasteiger partial charge in [0.05, 0.1) is 38.3 Å². The third kappa shape index (κ3) is 4.35. The number of hydrogen-bond acceptors (Lipinski definition) is 5. The second kappa shape index (κ2) is 7.79. The Morgan fingerprint density at radius 2 is 2.04 bits per heavy atom. The van der Waals surface area contributed by atoms with Crippen molar-refractivity contribution < 1.29 is 9.47 Å². The minimum Gasteiger partial charge on any atom is -0.497 e. The first-order valence-electron chi connectivity index (χ1n) is 8.38. The van der Waals surface area contributed by atoms with Gasteiger partial charge in [-0.2, -0.15) is 5.10 Å². The monoisotopic (exact) mass is 330 g/mol. The summed E-state index contributed by atoms with van der Waals surface area (Å²) in [5.74, 6) is 0.895. The summed E-state index contributed by atoms with van der Waals surface area (Å²) in [6.45, 7) is 6.79. The molecule has 24 heavy (non-hydrogen) atoms. The molecule has 3 rings (SSSR count). The minimum absolute atomic E-state index is 0.0576. The van der Waals surface area contributed by atoms with Crippen molar-refractivity contribution in [2.75, 3.05) is 20.3 Å². The van der Waals surface area contributed by atoms with Crippen LogP contribution in [-0.4, -0.2) is 41.0 Å². The smallest absolute Gasteiger partial charge is 0.118 e. The lowest BCUT2D eigenvalue weighted by atomic mass is 10.2. The molecule has 1 aliphatic heterocycles. The third-order valence-electron chi connectivity index (χ3n) is 4.12. The Hall–Kier alpha value is -1.89. The molecule has 6 nitrogen and oxygen atoms in total. The zero-order chi connectivity index (χ0) is 16.9. The van der Waals surface area contributed by atoms with Gasteiger partial charge in [-0.3, -0.25) is 9.58 Å². The number of methoxy groups -OCH3 is 1. The van der Waals surface area contributed by atoms with Crippen molar-refractivity contribution in [3.63, 3.8) is 0 Å². The molecule has 0 fully saturated rings. The molecule has 2 heterocycles. The van der Waals surface area contributed by atoms with Gasteiger partial charge in [-0.05, 0) is 30.7 Å². The highest BCUT2D eigenvalue weighted by atomic mass is 16.5. The van der Waals surface area contributed by atoms with Gasteiger partial charge in [-0.1, -0.05) is 12.1 Å². The maximum atomic E-state index is 5.70. The van der Waals surface area contributed by atoms with Crippen molar-refractivity contribution in [3.8, 4) is 5.75 Å². The molecule has 1 aromatic carbocycles. The normalized spacial score (nSPS) is 16.0.